The number of likely N-dealkylation sites (tertiary alicyclic amines) is 1. The van der Waals surface area contributed by atoms with E-state index < -0.39 is 18.7 Å². The number of aliphatic imine (C=N–C) groups is 1. The number of benzene rings is 2. The number of rotatable bonds is 9. The number of hydrogen-bond acceptors (Lipinski definition) is 7. The first-order valence-electron chi connectivity index (χ1n) is 12.5. The van der Waals surface area contributed by atoms with Crippen molar-refractivity contribution in [3.63, 3.8) is 0 Å². The molecule has 3 heterocycles. The Morgan fingerprint density at radius 2 is 2.02 bits per heavy atom. The van der Waals surface area contributed by atoms with E-state index in [2.05, 4.69) is 16.9 Å². The summed E-state index contributed by atoms with van der Waals surface area (Å²) in [7, 11) is 1.75. The van der Waals surface area contributed by atoms with Crippen molar-refractivity contribution in [1.29, 1.82) is 0 Å². The fourth-order valence-corrected chi connectivity index (χ4v) is 5.55. The average molecular weight is 600 g/mol. The highest BCUT2D eigenvalue weighted by Crippen LogP contribution is 2.43. The van der Waals surface area contributed by atoms with Crippen LogP contribution in [0.25, 0.3) is 21.8 Å². The van der Waals surface area contributed by atoms with Crippen LogP contribution in [0.15, 0.2) is 83.8 Å². The minimum Gasteiger partial charge on any atom is -0.434 e. The van der Waals surface area contributed by atoms with Gasteiger partial charge in [-0.25, -0.2) is 14.4 Å². The Labute approximate surface area is 243 Å². The Balaban J connectivity index is 1.53. The van der Waals surface area contributed by atoms with Gasteiger partial charge in [-0.2, -0.15) is 8.78 Å². The van der Waals surface area contributed by atoms with Crippen molar-refractivity contribution < 1.29 is 22.7 Å². The Kier molecular flexibility index (Phi) is 8.57. The van der Waals surface area contributed by atoms with E-state index in [0.717, 1.165) is 11.1 Å². The highest BCUT2D eigenvalue weighted by Gasteiger charge is 2.26. The molecule has 0 unspecified atom stereocenters. The zero-order chi connectivity index (χ0) is 29.1. The summed E-state index contributed by atoms with van der Waals surface area (Å²) < 4.78 is 44.5. The number of hydrogen-bond donors (Lipinski definition) is 1. The average Bonchev–Trinajstić information content (AvgIpc) is 3.34. The van der Waals surface area contributed by atoms with Crippen LogP contribution in [-0.4, -0.2) is 59.8 Å². The van der Waals surface area contributed by atoms with Crippen LogP contribution in [0.4, 0.5) is 18.2 Å². The fraction of sp³-hybridized carbons (Fsp3) is 0.207. The molecule has 212 valence electrons. The molecule has 41 heavy (non-hydrogen) atoms. The van der Waals surface area contributed by atoms with Gasteiger partial charge in [-0.15, -0.1) is 0 Å². The molecule has 12 heteroatoms. The van der Waals surface area contributed by atoms with Gasteiger partial charge in [0, 0.05) is 55.2 Å². The SMILES string of the molecule is C=C/C(C(=O)Nc1sc(-c2ccc(CN3CC(F)C3)cc2)nc1-c1cc(Cl)ccc1OC(F)F)=C1/N=CC=CN1C. The van der Waals surface area contributed by atoms with Crippen molar-refractivity contribution in [2.24, 2.45) is 4.99 Å². The van der Waals surface area contributed by atoms with E-state index in [1.165, 1.54) is 35.6 Å². The van der Waals surface area contributed by atoms with E-state index in [1.54, 1.807) is 30.4 Å². The van der Waals surface area contributed by atoms with Gasteiger partial charge in [0.15, 0.2) is 0 Å². The van der Waals surface area contributed by atoms with Gasteiger partial charge in [0.2, 0.25) is 0 Å². The van der Waals surface area contributed by atoms with E-state index >= 15 is 0 Å². The van der Waals surface area contributed by atoms with Gasteiger partial charge in [-0.3, -0.25) is 9.69 Å². The summed E-state index contributed by atoms with van der Waals surface area (Å²) in [4.78, 5) is 26.1. The largest absolute Gasteiger partial charge is 0.434 e. The lowest BCUT2D eigenvalue weighted by Gasteiger charge is -2.34. The number of allylic oxidation sites excluding steroid dienone is 1. The standard InChI is InChI=1S/C29H25ClF3N5O2S/c1-3-21(25-34-11-4-12-37(25)2)26(39)36-28-24(22-13-19(30)9-10-23(22)40-29(32)33)35-27(41-28)18-7-5-17(6-8-18)14-38-15-20(31)16-38/h3-13,20,29H,1,14-16H2,2H3,(H,36,39)/b25-21+. The molecule has 2 aliphatic heterocycles. The molecule has 1 aromatic heterocycles. The van der Waals surface area contributed by atoms with E-state index in [4.69, 9.17) is 21.3 Å². The number of ether oxygens (including phenoxy) is 1. The van der Waals surface area contributed by atoms with Crippen molar-refractivity contribution in [3.8, 4) is 27.6 Å². The van der Waals surface area contributed by atoms with Gasteiger partial charge >= 0.3 is 6.61 Å². The molecule has 1 fully saturated rings. The second-order valence-corrected chi connectivity index (χ2v) is 10.8. The molecule has 2 aromatic carbocycles. The molecule has 3 aromatic rings. The molecule has 7 nitrogen and oxygen atoms in total. The van der Waals surface area contributed by atoms with E-state index in [-0.39, 0.29) is 27.6 Å². The van der Waals surface area contributed by atoms with Crippen molar-refractivity contribution in [1.82, 2.24) is 14.8 Å². The maximum atomic E-state index is 13.5. The lowest BCUT2D eigenvalue weighted by Crippen LogP contribution is -2.47. The van der Waals surface area contributed by atoms with Gasteiger partial charge in [0.1, 0.15) is 33.4 Å². The van der Waals surface area contributed by atoms with Crippen molar-refractivity contribution in [2.75, 3.05) is 25.5 Å². The van der Waals surface area contributed by atoms with Crippen molar-refractivity contribution in [2.45, 2.75) is 19.3 Å². The first-order chi connectivity index (χ1) is 19.7. The topological polar surface area (TPSA) is 70.1 Å². The van der Waals surface area contributed by atoms with Crippen molar-refractivity contribution in [3.05, 3.63) is 89.4 Å². The first-order valence-corrected chi connectivity index (χ1v) is 13.7. The first kappa shape index (κ1) is 28.6. The molecule has 1 N–H and O–H groups in total. The Hall–Kier alpha value is -3.93. The summed E-state index contributed by atoms with van der Waals surface area (Å²) in [6, 6.07) is 11.8. The zero-order valence-electron chi connectivity index (χ0n) is 21.9. The normalized spacial score (nSPS) is 16.6. The van der Waals surface area contributed by atoms with E-state index in [0.29, 0.717) is 35.5 Å². The zero-order valence-corrected chi connectivity index (χ0v) is 23.4. The van der Waals surface area contributed by atoms with Gasteiger partial charge < -0.3 is 15.0 Å². The van der Waals surface area contributed by atoms with Crippen molar-refractivity contribution >= 4 is 40.1 Å². The number of nitrogens with zero attached hydrogens (tertiary/aromatic N) is 4. The second kappa shape index (κ2) is 12.3. The fourth-order valence-electron chi connectivity index (χ4n) is 4.40. The molecule has 0 bridgehead atoms. The van der Waals surface area contributed by atoms with Crippen LogP contribution in [0.5, 0.6) is 5.75 Å². The molecule has 1 saturated heterocycles. The van der Waals surface area contributed by atoms with Crippen LogP contribution in [0.2, 0.25) is 5.02 Å². The molecule has 0 aliphatic carbocycles. The third-order valence-corrected chi connectivity index (χ3v) is 7.66. The third kappa shape index (κ3) is 6.53. The number of carbonyl (C=O) groups excluding carboxylic acids is 1. The van der Waals surface area contributed by atoms with Gasteiger partial charge in [-0.1, -0.05) is 59.9 Å². The summed E-state index contributed by atoms with van der Waals surface area (Å²) in [5.41, 5.74) is 2.37. The predicted molar refractivity (Wildman–Crippen MR) is 156 cm³/mol. The van der Waals surface area contributed by atoms with Crippen LogP contribution in [-0.2, 0) is 11.3 Å². The van der Waals surface area contributed by atoms with Crippen LogP contribution in [0.3, 0.4) is 0 Å². The third-order valence-electron chi connectivity index (χ3n) is 6.40. The lowest BCUT2D eigenvalue weighted by atomic mass is 10.1. The highest BCUT2D eigenvalue weighted by atomic mass is 35.5. The Bertz CT molecular complexity index is 1550. The molecule has 0 spiro atoms. The van der Waals surface area contributed by atoms with Gasteiger partial charge in [-0.05, 0) is 29.8 Å². The summed E-state index contributed by atoms with van der Waals surface area (Å²) in [5, 5.41) is 3.96. The molecule has 0 atom stereocenters. The van der Waals surface area contributed by atoms with Crippen LogP contribution >= 0.6 is 22.9 Å². The van der Waals surface area contributed by atoms with Crippen LogP contribution in [0.1, 0.15) is 5.56 Å². The second-order valence-electron chi connectivity index (χ2n) is 9.33. The maximum Gasteiger partial charge on any atom is 0.387 e. The monoisotopic (exact) mass is 599 g/mol. The number of alkyl halides is 3. The van der Waals surface area contributed by atoms with Gasteiger partial charge in [0.25, 0.3) is 5.91 Å². The maximum absolute atomic E-state index is 13.5. The van der Waals surface area contributed by atoms with Crippen LogP contribution in [0, 0.1) is 0 Å². The predicted octanol–water partition coefficient (Wildman–Crippen LogP) is 6.75. The number of halogens is 4. The number of aromatic nitrogens is 1. The molecule has 1 amide bonds. The number of carbonyl (C=O) groups is 1. The molecular formula is C29H25ClF3N5O2S. The summed E-state index contributed by atoms with van der Waals surface area (Å²) in [5.74, 6) is -0.273. The quantitative estimate of drug-likeness (QED) is 0.276. The minimum atomic E-state index is -3.08. The molecule has 0 radical (unpaired) electrons. The minimum absolute atomic E-state index is 0.142. The lowest BCUT2D eigenvalue weighted by molar-refractivity contribution is -0.112. The molecule has 0 saturated carbocycles. The molecule has 5 rings (SSSR count). The number of amides is 1. The number of anilines is 1. The molecular weight excluding hydrogens is 575 g/mol. The van der Waals surface area contributed by atoms with E-state index in [9.17, 15) is 18.0 Å². The summed E-state index contributed by atoms with van der Waals surface area (Å²) in [6.45, 7) is 2.16. The Morgan fingerprint density at radius 1 is 1.27 bits per heavy atom. The smallest absolute Gasteiger partial charge is 0.387 e. The molecule has 2 aliphatic rings. The van der Waals surface area contributed by atoms with Crippen LogP contribution < -0.4 is 10.1 Å². The number of nitrogens with one attached hydrogen (secondary N) is 1. The van der Waals surface area contributed by atoms with E-state index in [1.807, 2.05) is 29.2 Å². The Morgan fingerprint density at radius 3 is 2.68 bits per heavy atom. The highest BCUT2D eigenvalue weighted by molar-refractivity contribution is 7.19. The summed E-state index contributed by atoms with van der Waals surface area (Å²) >= 11 is 7.40. The summed E-state index contributed by atoms with van der Waals surface area (Å²) in [6.07, 6.45) is 5.65. The van der Waals surface area contributed by atoms with Gasteiger partial charge in [0.05, 0.1) is 5.57 Å². The number of thiazole rings is 1.